The Morgan fingerprint density at radius 3 is 1.09 bits per heavy atom. The SMILES string of the molecule is CC1(C)C(=O)c2c(O)c(=O)c(C(=O)NCc3ccc(F)cc3F)cn2CC12CCCO2.CC1(C)C(=O)c2c(O)c(=O)c(C(=O)NCc3ccc(F)cc3F)cn2CC12CCCO2.COc1c2n(cc(Br)c1=O)CC1(CCCO1)C(C)(C)C2O.COc1c2n(cc(C(=O)NCc3ccc(F)cc3F)c1=O)CC1(CCCO1)C(C)(C)C2=O. The van der Waals surface area contributed by atoms with Crippen molar-refractivity contribution < 1.29 is 98.9 Å². The molecule has 4 aromatic heterocycles. The van der Waals surface area contributed by atoms with E-state index in [9.17, 15) is 89.6 Å². The van der Waals surface area contributed by atoms with E-state index in [2.05, 4.69) is 31.9 Å². The molecule has 26 nitrogen and oxygen atoms in total. The number of nitrogens with zero attached hydrogens (tertiary/aromatic N) is 4. The molecule has 7 aromatic rings. The number of halogens is 7. The number of rotatable bonds is 11. The fourth-order valence-corrected chi connectivity index (χ4v) is 17.4. The molecule has 4 fully saturated rings. The maximum Gasteiger partial charge on any atom is 0.257 e. The molecule has 4 spiro atoms. The Labute approximate surface area is 663 Å². The number of amides is 3. The average molecular weight is 1670 g/mol. The largest absolute Gasteiger partial charge is 0.503 e. The molecule has 8 aliphatic heterocycles. The van der Waals surface area contributed by atoms with E-state index in [1.165, 1.54) is 60.1 Å². The first-order valence-electron chi connectivity index (χ1n) is 37.4. The highest BCUT2D eigenvalue weighted by Gasteiger charge is 2.61. The van der Waals surface area contributed by atoms with Crippen LogP contribution >= 0.6 is 15.9 Å². The summed E-state index contributed by atoms with van der Waals surface area (Å²) in [5, 5.41) is 39.2. The third-order valence-electron chi connectivity index (χ3n) is 24.5. The van der Waals surface area contributed by atoms with Gasteiger partial charge in [0.15, 0.2) is 40.3 Å². The van der Waals surface area contributed by atoms with Crippen LogP contribution in [0.25, 0.3) is 0 Å². The average Bonchev–Trinajstić information content (AvgIpc) is 1.73. The molecule has 33 heteroatoms. The van der Waals surface area contributed by atoms with Gasteiger partial charge in [0, 0.05) is 111 Å². The van der Waals surface area contributed by atoms with E-state index in [1.54, 1.807) is 52.3 Å². The fraction of sp³-hybridized carbons (Fsp3) is 0.463. The minimum Gasteiger partial charge on any atom is -0.503 e. The van der Waals surface area contributed by atoms with Gasteiger partial charge in [-0.1, -0.05) is 32.0 Å². The first kappa shape index (κ1) is 84.3. The van der Waals surface area contributed by atoms with Crippen molar-refractivity contribution in [2.75, 3.05) is 40.6 Å². The number of ketones is 3. The molecule has 0 bridgehead atoms. The third kappa shape index (κ3) is 14.6. The van der Waals surface area contributed by atoms with Crippen LogP contribution in [0.15, 0.2) is 103 Å². The number of carbonyl (C=O) groups is 6. The number of aromatic hydroxyl groups is 2. The van der Waals surface area contributed by atoms with Crippen LogP contribution in [-0.4, -0.2) is 132 Å². The Kier molecular flexibility index (Phi) is 23.1. The van der Waals surface area contributed by atoms with Gasteiger partial charge in [-0.2, -0.15) is 0 Å². The number of benzene rings is 3. The Hall–Kier alpha value is -10.1. The zero-order valence-corrected chi connectivity index (χ0v) is 66.4. The van der Waals surface area contributed by atoms with Gasteiger partial charge in [-0.15, -0.1) is 0 Å². The first-order chi connectivity index (χ1) is 54.1. The van der Waals surface area contributed by atoms with Crippen molar-refractivity contribution in [3.05, 3.63) is 216 Å². The van der Waals surface area contributed by atoms with Gasteiger partial charge in [0.1, 0.15) is 74.8 Å². The number of hydrogen-bond acceptors (Lipinski definition) is 19. The number of nitrogens with one attached hydrogen (secondary N) is 3. The summed E-state index contributed by atoms with van der Waals surface area (Å²) in [4.78, 5) is 128. The van der Waals surface area contributed by atoms with E-state index in [1.807, 2.05) is 18.4 Å². The molecule has 15 rings (SSSR count). The molecular weight excluding hydrogens is 1580 g/mol. The van der Waals surface area contributed by atoms with Crippen molar-refractivity contribution in [1.29, 1.82) is 0 Å². The predicted molar refractivity (Wildman–Crippen MR) is 404 cm³/mol. The van der Waals surface area contributed by atoms with Crippen molar-refractivity contribution in [3.8, 4) is 23.0 Å². The summed E-state index contributed by atoms with van der Waals surface area (Å²) in [5.74, 6) is -9.93. The van der Waals surface area contributed by atoms with Crippen molar-refractivity contribution >= 4 is 51.0 Å². The summed E-state index contributed by atoms with van der Waals surface area (Å²) >= 11 is 3.28. The molecule has 3 amide bonds. The minimum absolute atomic E-state index is 0.0345. The molecule has 0 aliphatic carbocycles. The number of pyridine rings is 4. The van der Waals surface area contributed by atoms with E-state index in [0.29, 0.717) is 80.6 Å². The van der Waals surface area contributed by atoms with Crippen molar-refractivity contribution in [2.24, 2.45) is 21.7 Å². The van der Waals surface area contributed by atoms with Gasteiger partial charge in [-0.25, -0.2) is 26.3 Å². The molecular formula is C82H88BrF6N7O19. The lowest BCUT2D eigenvalue weighted by Gasteiger charge is -2.51. The normalized spacial score (nSPS) is 23.3. The monoisotopic (exact) mass is 1670 g/mol. The number of ether oxygens (including phenoxy) is 6. The van der Waals surface area contributed by atoms with Gasteiger partial charge in [-0.05, 0) is 127 Å². The number of Topliss-reactive ketones (excluding diaryl/α,β-unsaturated/α-hetero) is 3. The Bertz CT molecular complexity index is 5210. The van der Waals surface area contributed by atoms with Crippen LogP contribution in [0.4, 0.5) is 26.3 Å². The molecule has 4 saturated heterocycles. The van der Waals surface area contributed by atoms with Crippen LogP contribution in [0.1, 0.15) is 198 Å². The van der Waals surface area contributed by atoms with E-state index < -0.39 is 142 Å². The second kappa shape index (κ2) is 31.5. The van der Waals surface area contributed by atoms with Gasteiger partial charge in [0.25, 0.3) is 17.7 Å². The maximum atomic E-state index is 13.9. The van der Waals surface area contributed by atoms with E-state index in [4.69, 9.17) is 28.4 Å². The molecule has 5 unspecified atom stereocenters. The second-order valence-electron chi connectivity index (χ2n) is 32.2. The van der Waals surface area contributed by atoms with Crippen molar-refractivity contribution in [3.63, 3.8) is 0 Å². The van der Waals surface area contributed by atoms with Crippen LogP contribution < -0.4 is 47.1 Å². The fourth-order valence-electron chi connectivity index (χ4n) is 17.0. The number of aliphatic hydroxyl groups is 1. The Balaban J connectivity index is 0.000000143. The van der Waals surface area contributed by atoms with Crippen LogP contribution in [0.3, 0.4) is 0 Å². The zero-order valence-electron chi connectivity index (χ0n) is 64.8. The number of methoxy groups -OCH3 is 2. The molecule has 12 heterocycles. The lowest BCUT2D eigenvalue weighted by molar-refractivity contribution is -0.164. The molecule has 6 N–H and O–H groups in total. The van der Waals surface area contributed by atoms with Crippen LogP contribution in [0.5, 0.6) is 23.0 Å². The lowest BCUT2D eigenvalue weighted by atomic mass is 9.66. The summed E-state index contributed by atoms with van der Waals surface area (Å²) in [6, 6.07) is 8.87. The summed E-state index contributed by atoms with van der Waals surface area (Å²) in [6.07, 6.45) is 10.9. The van der Waals surface area contributed by atoms with Gasteiger partial charge < -0.3 is 78.0 Å². The van der Waals surface area contributed by atoms with Gasteiger partial charge in [0.2, 0.25) is 21.7 Å². The highest BCUT2D eigenvalue weighted by molar-refractivity contribution is 9.10. The summed E-state index contributed by atoms with van der Waals surface area (Å²) in [7, 11) is 2.73. The van der Waals surface area contributed by atoms with Crippen molar-refractivity contribution in [2.45, 2.75) is 181 Å². The number of aromatic nitrogens is 4. The Morgan fingerprint density at radius 2 is 0.765 bits per heavy atom. The number of carbonyl (C=O) groups excluding carboxylic acids is 6. The zero-order chi connectivity index (χ0) is 83.8. The molecule has 614 valence electrons. The first-order valence-corrected chi connectivity index (χ1v) is 38.1. The molecule has 0 saturated carbocycles. The van der Waals surface area contributed by atoms with Crippen LogP contribution in [-0.2, 0) is 64.8 Å². The summed E-state index contributed by atoms with van der Waals surface area (Å²) in [5.41, 5.74) is -9.54. The highest BCUT2D eigenvalue weighted by atomic mass is 79.9. The quantitative estimate of drug-likeness (QED) is 0.0656. The number of fused-ring (bicyclic) bond motifs is 4. The summed E-state index contributed by atoms with van der Waals surface area (Å²) in [6.45, 7) is 17.2. The highest BCUT2D eigenvalue weighted by Crippen LogP contribution is 2.56. The number of hydrogen-bond donors (Lipinski definition) is 6. The third-order valence-corrected chi connectivity index (χ3v) is 25.1. The van der Waals surface area contributed by atoms with Crippen LogP contribution in [0.2, 0.25) is 0 Å². The van der Waals surface area contributed by atoms with Gasteiger partial charge in [-0.3, -0.25) is 47.9 Å². The van der Waals surface area contributed by atoms with Crippen molar-refractivity contribution in [1.82, 2.24) is 34.2 Å². The minimum atomic E-state index is -0.990. The van der Waals surface area contributed by atoms with Crippen LogP contribution in [0, 0.1) is 56.6 Å². The van der Waals surface area contributed by atoms with Gasteiger partial charge in [0.05, 0.1) is 89.2 Å². The maximum absolute atomic E-state index is 13.9. The second-order valence-corrected chi connectivity index (χ2v) is 33.0. The molecule has 5 atom stereocenters. The lowest BCUT2D eigenvalue weighted by Crippen LogP contribution is -2.57. The standard InChI is InChI=1S/C23H24F2N2O5.2C22H22F2N2O5.C15H20BrNO4/c1-22(2)20(29)17-19(31-3)18(28)15(11-27(17)12-23(22)7-4-8-32-23)21(30)26-10-13-5-6-14(24)9-16(13)25;2*1-21(2)19(29)16-18(28)17(27)14(10-26(16)11-22(21)6-3-7-31-22)20(30)25-9-12-4-5-13(23)8-15(12)24;1-14(2)13(19)10-12(20-3)11(18)9(16)7-17(10)8-15(14)5-4-6-21-15/h5-6,9,11H,4,7-8,10,12H2,1-3H3,(H,26,30);2*4-5,8,10,28H,3,6-7,9,11H2,1-2H3,(H,25,30);7,13,19H,4-6,8H2,1-3H3. The van der Waals surface area contributed by atoms with E-state index in [0.717, 1.165) is 50.3 Å². The molecule has 8 aliphatic rings. The van der Waals surface area contributed by atoms with E-state index in [-0.39, 0.29) is 112 Å². The van der Waals surface area contributed by atoms with E-state index >= 15 is 0 Å². The number of aliphatic hydroxyl groups excluding tert-OH is 1. The molecule has 115 heavy (non-hydrogen) atoms. The smallest absolute Gasteiger partial charge is 0.257 e. The van der Waals surface area contributed by atoms with Gasteiger partial charge >= 0.3 is 0 Å². The molecule has 0 radical (unpaired) electrons. The Morgan fingerprint density at radius 1 is 0.452 bits per heavy atom. The topological polar surface area (TPSA) is 343 Å². The molecule has 3 aromatic carbocycles. The predicted octanol–water partition coefficient (Wildman–Crippen LogP) is 10.1. The summed E-state index contributed by atoms with van der Waals surface area (Å²) < 4.78 is 122.